The zero-order valence-corrected chi connectivity index (χ0v) is 10.6. The van der Waals surface area contributed by atoms with E-state index < -0.39 is 0 Å². The van der Waals surface area contributed by atoms with Crippen molar-refractivity contribution >= 4 is 5.78 Å². The number of benzene rings is 2. The predicted octanol–water partition coefficient (Wildman–Crippen LogP) is 4.17. The van der Waals surface area contributed by atoms with Gasteiger partial charge < -0.3 is 4.74 Å². The van der Waals surface area contributed by atoms with E-state index in [1.165, 1.54) is 0 Å². The zero-order valence-electron chi connectivity index (χ0n) is 10.6. The molecule has 2 aromatic rings. The molecule has 2 aromatic carbocycles. The number of para-hydroxylation sites is 1. The first kappa shape index (κ1) is 12.4. The average Bonchev–Trinajstić information content (AvgIpc) is 2.39. The first-order chi connectivity index (χ1) is 8.66. The number of carbonyl (C=O) groups is 1. The minimum Gasteiger partial charge on any atom is -0.457 e. The molecule has 0 fully saturated rings. The quantitative estimate of drug-likeness (QED) is 0.801. The van der Waals surface area contributed by atoms with Crippen LogP contribution in [-0.4, -0.2) is 5.78 Å². The van der Waals surface area contributed by atoms with Crippen molar-refractivity contribution in [1.82, 2.24) is 0 Å². The maximum Gasteiger partial charge on any atom is 0.136 e. The van der Waals surface area contributed by atoms with Crippen LogP contribution in [0.4, 0.5) is 0 Å². The van der Waals surface area contributed by atoms with E-state index in [-0.39, 0.29) is 11.7 Å². The van der Waals surface area contributed by atoms with Crippen LogP contribution < -0.4 is 4.74 Å². The van der Waals surface area contributed by atoms with Crippen molar-refractivity contribution in [2.45, 2.75) is 19.8 Å². The second-order valence-corrected chi connectivity index (χ2v) is 4.32. The summed E-state index contributed by atoms with van der Waals surface area (Å²) in [5, 5.41) is 0. The fourth-order valence-corrected chi connectivity index (χ4v) is 1.71. The molecule has 0 heterocycles. The van der Waals surface area contributed by atoms with E-state index in [0.717, 1.165) is 17.1 Å². The van der Waals surface area contributed by atoms with Crippen molar-refractivity contribution in [3.8, 4) is 11.5 Å². The van der Waals surface area contributed by atoms with Gasteiger partial charge in [0.1, 0.15) is 17.3 Å². The van der Waals surface area contributed by atoms with E-state index >= 15 is 0 Å². The Labute approximate surface area is 107 Å². The first-order valence-corrected chi connectivity index (χ1v) is 6.00. The van der Waals surface area contributed by atoms with Crippen LogP contribution in [0.1, 0.15) is 25.3 Å². The molecule has 0 amide bonds. The highest BCUT2D eigenvalue weighted by Crippen LogP contribution is 2.25. The normalized spacial score (nSPS) is 11.9. The second-order valence-electron chi connectivity index (χ2n) is 4.32. The fraction of sp³-hybridized carbons (Fsp3) is 0.188. The summed E-state index contributed by atoms with van der Waals surface area (Å²) in [6.07, 6.45) is 0. The lowest BCUT2D eigenvalue weighted by Crippen LogP contribution is -2.03. The largest absolute Gasteiger partial charge is 0.457 e. The summed E-state index contributed by atoms with van der Waals surface area (Å²) in [5.41, 5.74) is 0.982. The molecular weight excluding hydrogens is 224 g/mol. The van der Waals surface area contributed by atoms with Gasteiger partial charge in [0.15, 0.2) is 0 Å². The van der Waals surface area contributed by atoms with Gasteiger partial charge in [-0.25, -0.2) is 0 Å². The average molecular weight is 240 g/mol. The van der Waals surface area contributed by atoms with Crippen molar-refractivity contribution in [1.29, 1.82) is 0 Å². The molecule has 2 heteroatoms. The standard InChI is InChI=1S/C16H16O2/c1-12(13(2)17)14-7-6-10-16(11-14)18-15-8-4-3-5-9-15/h3-12H,1-2H3. The van der Waals surface area contributed by atoms with Crippen LogP contribution >= 0.6 is 0 Å². The van der Waals surface area contributed by atoms with Crippen LogP contribution in [0.25, 0.3) is 0 Å². The summed E-state index contributed by atoms with van der Waals surface area (Å²) < 4.78 is 5.74. The molecule has 2 nitrogen and oxygen atoms in total. The summed E-state index contributed by atoms with van der Waals surface area (Å²) in [5.74, 6) is 1.62. The van der Waals surface area contributed by atoms with Gasteiger partial charge in [-0.15, -0.1) is 0 Å². The lowest BCUT2D eigenvalue weighted by atomic mass is 9.97. The fourth-order valence-electron chi connectivity index (χ4n) is 1.71. The molecule has 18 heavy (non-hydrogen) atoms. The zero-order chi connectivity index (χ0) is 13.0. The highest BCUT2D eigenvalue weighted by atomic mass is 16.5. The third-order valence-corrected chi connectivity index (χ3v) is 2.95. The monoisotopic (exact) mass is 240 g/mol. The summed E-state index contributed by atoms with van der Waals surface area (Å²) in [4.78, 5) is 11.4. The van der Waals surface area contributed by atoms with E-state index in [1.807, 2.05) is 61.5 Å². The molecule has 0 aliphatic heterocycles. The number of ether oxygens (including phenoxy) is 1. The molecule has 0 N–H and O–H groups in total. The maximum atomic E-state index is 11.4. The van der Waals surface area contributed by atoms with E-state index in [2.05, 4.69) is 0 Å². The van der Waals surface area contributed by atoms with Gasteiger partial charge in [0.25, 0.3) is 0 Å². The van der Waals surface area contributed by atoms with Crippen LogP contribution in [-0.2, 0) is 4.79 Å². The number of carbonyl (C=O) groups excluding carboxylic acids is 1. The number of rotatable bonds is 4. The Morgan fingerprint density at radius 2 is 1.67 bits per heavy atom. The molecule has 0 radical (unpaired) electrons. The first-order valence-electron chi connectivity index (χ1n) is 6.00. The molecule has 2 rings (SSSR count). The number of hydrogen-bond acceptors (Lipinski definition) is 2. The van der Waals surface area contributed by atoms with Gasteiger partial charge in [-0.05, 0) is 36.8 Å². The number of Topliss-reactive ketones (excluding diaryl/α,β-unsaturated/α-hetero) is 1. The Morgan fingerprint density at radius 3 is 2.33 bits per heavy atom. The molecule has 0 aliphatic carbocycles. The van der Waals surface area contributed by atoms with Gasteiger partial charge in [-0.3, -0.25) is 4.79 Å². The molecule has 0 bridgehead atoms. The van der Waals surface area contributed by atoms with Crippen LogP contribution in [0, 0.1) is 0 Å². The van der Waals surface area contributed by atoms with E-state index in [1.54, 1.807) is 6.92 Å². The summed E-state index contributed by atoms with van der Waals surface area (Å²) in [6, 6.07) is 17.3. The topological polar surface area (TPSA) is 26.3 Å². The molecule has 1 unspecified atom stereocenters. The molecule has 1 atom stereocenters. The number of hydrogen-bond donors (Lipinski definition) is 0. The summed E-state index contributed by atoms with van der Waals surface area (Å²) in [6.45, 7) is 3.51. The molecule has 92 valence electrons. The van der Waals surface area contributed by atoms with Crippen molar-refractivity contribution in [2.75, 3.05) is 0 Å². The molecule has 0 saturated heterocycles. The van der Waals surface area contributed by atoms with Crippen molar-refractivity contribution in [3.05, 3.63) is 60.2 Å². The van der Waals surface area contributed by atoms with Gasteiger partial charge in [0.05, 0.1) is 0 Å². The minimum atomic E-state index is -0.0932. The maximum absolute atomic E-state index is 11.4. The minimum absolute atomic E-state index is 0.0932. The van der Waals surface area contributed by atoms with Gasteiger partial charge in [-0.1, -0.05) is 37.3 Å². The smallest absolute Gasteiger partial charge is 0.136 e. The molecule has 0 saturated carbocycles. The summed E-state index contributed by atoms with van der Waals surface area (Å²) >= 11 is 0. The highest BCUT2D eigenvalue weighted by Gasteiger charge is 2.11. The van der Waals surface area contributed by atoms with Gasteiger partial charge in [0, 0.05) is 5.92 Å². The highest BCUT2D eigenvalue weighted by molar-refractivity contribution is 5.83. The number of ketones is 1. The van der Waals surface area contributed by atoms with E-state index in [9.17, 15) is 4.79 Å². The van der Waals surface area contributed by atoms with Crippen LogP contribution in [0.3, 0.4) is 0 Å². The Kier molecular flexibility index (Phi) is 3.78. The Morgan fingerprint density at radius 1 is 1.00 bits per heavy atom. The molecule has 0 spiro atoms. The lowest BCUT2D eigenvalue weighted by Gasteiger charge is -2.10. The van der Waals surface area contributed by atoms with Gasteiger partial charge in [-0.2, -0.15) is 0 Å². The Hall–Kier alpha value is -2.09. The molecule has 0 aromatic heterocycles. The van der Waals surface area contributed by atoms with Crippen molar-refractivity contribution in [3.63, 3.8) is 0 Å². The Bertz CT molecular complexity index is 532. The van der Waals surface area contributed by atoms with E-state index in [4.69, 9.17) is 4.74 Å². The molecule has 0 aliphatic rings. The van der Waals surface area contributed by atoms with Crippen LogP contribution in [0.15, 0.2) is 54.6 Å². The third-order valence-electron chi connectivity index (χ3n) is 2.95. The predicted molar refractivity (Wildman–Crippen MR) is 72.1 cm³/mol. The van der Waals surface area contributed by atoms with Gasteiger partial charge in [0.2, 0.25) is 0 Å². The molecular formula is C16H16O2. The van der Waals surface area contributed by atoms with Crippen LogP contribution in [0.2, 0.25) is 0 Å². The van der Waals surface area contributed by atoms with Crippen molar-refractivity contribution in [2.24, 2.45) is 0 Å². The van der Waals surface area contributed by atoms with Gasteiger partial charge >= 0.3 is 0 Å². The lowest BCUT2D eigenvalue weighted by molar-refractivity contribution is -0.118. The SMILES string of the molecule is CC(=O)C(C)c1cccc(Oc2ccccc2)c1. The van der Waals surface area contributed by atoms with Crippen LogP contribution in [0.5, 0.6) is 11.5 Å². The Balaban J connectivity index is 2.20. The third kappa shape index (κ3) is 2.98. The summed E-state index contributed by atoms with van der Waals surface area (Å²) in [7, 11) is 0. The van der Waals surface area contributed by atoms with E-state index in [0.29, 0.717) is 0 Å². The second kappa shape index (κ2) is 5.50. The van der Waals surface area contributed by atoms with Crippen molar-refractivity contribution < 1.29 is 9.53 Å².